The van der Waals surface area contributed by atoms with E-state index in [9.17, 15) is 0 Å². The van der Waals surface area contributed by atoms with E-state index in [-0.39, 0.29) is 12.1 Å². The van der Waals surface area contributed by atoms with Gasteiger partial charge in [0.25, 0.3) is 0 Å². The molecule has 7 N–H and O–H groups in total. The topological polar surface area (TPSA) is 113 Å². The van der Waals surface area contributed by atoms with Crippen LogP contribution in [-0.4, -0.2) is 35.8 Å². The van der Waals surface area contributed by atoms with Crippen molar-refractivity contribution in [2.24, 2.45) is 11.5 Å². The number of rotatable bonds is 5. The van der Waals surface area contributed by atoms with Gasteiger partial charge in [0, 0.05) is 18.6 Å². The zero-order chi connectivity index (χ0) is 8.91. The molecule has 0 saturated heterocycles. The van der Waals surface area contributed by atoms with Crippen molar-refractivity contribution in [3.05, 3.63) is 0 Å². The second-order valence-electron chi connectivity index (χ2n) is 2.66. The van der Waals surface area contributed by atoms with Crippen LogP contribution >= 0.6 is 0 Å². The maximum atomic E-state index is 8.58. The highest BCUT2D eigenvalue weighted by Crippen LogP contribution is 2.05. The molecule has 1 unspecified atom stereocenters. The molecule has 0 aliphatic rings. The number of hydrogen-bond acceptors (Lipinski definition) is 5. The Bertz CT molecular complexity index is 106. The predicted octanol–water partition coefficient (Wildman–Crippen LogP) is -2.03. The lowest BCUT2D eigenvalue weighted by Crippen LogP contribution is -2.35. The SMILES string of the molecule is NCC(N)CCC[Si](O)(O)O. The molecule has 0 aromatic heterocycles. The fraction of sp³-hybridized carbons (Fsp3) is 1.00. The van der Waals surface area contributed by atoms with Gasteiger partial charge in [-0.2, -0.15) is 0 Å². The Balaban J connectivity index is 3.28. The van der Waals surface area contributed by atoms with Gasteiger partial charge in [-0.25, -0.2) is 0 Å². The summed E-state index contributed by atoms with van der Waals surface area (Å²) in [4.78, 5) is 25.7. The van der Waals surface area contributed by atoms with Crippen molar-refractivity contribution in [2.75, 3.05) is 6.54 Å². The molecule has 0 aliphatic carbocycles. The summed E-state index contributed by atoms with van der Waals surface area (Å²) in [5.74, 6) is 0. The molecule has 0 radical (unpaired) electrons. The second-order valence-corrected chi connectivity index (χ2v) is 4.71. The molecular weight excluding hydrogens is 164 g/mol. The summed E-state index contributed by atoms with van der Waals surface area (Å²) in [6, 6.07) is -0.0629. The molecule has 0 heterocycles. The summed E-state index contributed by atoms with van der Waals surface area (Å²) in [6.07, 6.45) is 1.13. The molecule has 0 fully saturated rings. The van der Waals surface area contributed by atoms with Crippen molar-refractivity contribution in [3.63, 3.8) is 0 Å². The van der Waals surface area contributed by atoms with Crippen LogP contribution in [0.25, 0.3) is 0 Å². The Morgan fingerprint density at radius 2 is 1.82 bits per heavy atom. The van der Waals surface area contributed by atoms with Crippen LogP contribution in [0.2, 0.25) is 6.04 Å². The Kier molecular flexibility index (Phi) is 4.81. The summed E-state index contributed by atoms with van der Waals surface area (Å²) in [6.45, 7) is 0.386. The van der Waals surface area contributed by atoms with E-state index in [4.69, 9.17) is 25.9 Å². The fourth-order valence-electron chi connectivity index (χ4n) is 0.719. The first-order valence-electron chi connectivity index (χ1n) is 3.58. The van der Waals surface area contributed by atoms with E-state index in [1.165, 1.54) is 0 Å². The van der Waals surface area contributed by atoms with E-state index in [2.05, 4.69) is 0 Å². The van der Waals surface area contributed by atoms with Crippen molar-refractivity contribution in [1.29, 1.82) is 0 Å². The van der Waals surface area contributed by atoms with E-state index in [1.807, 2.05) is 0 Å². The Morgan fingerprint density at radius 3 is 2.18 bits per heavy atom. The molecule has 0 aromatic rings. The fourth-order valence-corrected chi connectivity index (χ4v) is 1.40. The van der Waals surface area contributed by atoms with E-state index < -0.39 is 8.80 Å². The summed E-state index contributed by atoms with van der Waals surface area (Å²) in [7, 11) is -3.83. The molecule has 11 heavy (non-hydrogen) atoms. The van der Waals surface area contributed by atoms with Crippen LogP contribution in [0.1, 0.15) is 12.8 Å². The lowest BCUT2D eigenvalue weighted by molar-refractivity contribution is 0.225. The molecule has 5 nitrogen and oxygen atoms in total. The van der Waals surface area contributed by atoms with Gasteiger partial charge in [0.05, 0.1) is 0 Å². The van der Waals surface area contributed by atoms with Gasteiger partial charge < -0.3 is 25.9 Å². The van der Waals surface area contributed by atoms with Crippen LogP contribution in [0.3, 0.4) is 0 Å². The monoisotopic (exact) mass is 180 g/mol. The molecule has 0 aliphatic heterocycles. The van der Waals surface area contributed by atoms with E-state index in [0.29, 0.717) is 19.4 Å². The smallest absolute Gasteiger partial charge is 0.390 e. The zero-order valence-electron chi connectivity index (χ0n) is 6.40. The highest BCUT2D eigenvalue weighted by molar-refractivity contribution is 6.56. The van der Waals surface area contributed by atoms with Crippen LogP contribution in [-0.2, 0) is 0 Å². The standard InChI is InChI=1S/C5H16N2O3Si/c6-4-5(7)2-1-3-11(8,9)10/h5,8-10H,1-4,6-7H2. The Hall–Kier alpha value is 0.0169. The van der Waals surface area contributed by atoms with E-state index in [1.54, 1.807) is 0 Å². The van der Waals surface area contributed by atoms with Crippen LogP contribution in [0.5, 0.6) is 0 Å². The Morgan fingerprint density at radius 1 is 1.27 bits per heavy atom. The van der Waals surface area contributed by atoms with Crippen molar-refractivity contribution in [1.82, 2.24) is 0 Å². The minimum Gasteiger partial charge on any atom is -0.390 e. The third-order valence-electron chi connectivity index (χ3n) is 1.39. The summed E-state index contributed by atoms with van der Waals surface area (Å²) >= 11 is 0. The second kappa shape index (κ2) is 4.81. The summed E-state index contributed by atoms with van der Waals surface area (Å²) < 4.78 is 0. The highest BCUT2D eigenvalue weighted by Gasteiger charge is 2.25. The largest absolute Gasteiger partial charge is 0.492 e. The third kappa shape index (κ3) is 7.92. The zero-order valence-corrected chi connectivity index (χ0v) is 7.40. The van der Waals surface area contributed by atoms with Crippen LogP contribution in [0, 0.1) is 0 Å². The first-order valence-corrected chi connectivity index (χ1v) is 5.63. The molecule has 0 saturated carbocycles. The maximum Gasteiger partial charge on any atom is 0.492 e. The quantitative estimate of drug-likeness (QED) is 0.313. The molecule has 1 atom stereocenters. The average Bonchev–Trinajstić information content (AvgIpc) is 1.85. The molecule has 0 rings (SSSR count). The molecule has 0 spiro atoms. The number of hydrogen-bond donors (Lipinski definition) is 5. The van der Waals surface area contributed by atoms with E-state index >= 15 is 0 Å². The van der Waals surface area contributed by atoms with Gasteiger partial charge in [0.2, 0.25) is 0 Å². The number of nitrogens with two attached hydrogens (primary N) is 2. The maximum absolute atomic E-state index is 8.58. The van der Waals surface area contributed by atoms with Crippen LogP contribution < -0.4 is 11.5 Å². The normalized spacial score (nSPS) is 15.0. The Labute approximate surface area is 67.0 Å². The van der Waals surface area contributed by atoms with Gasteiger partial charge in [-0.15, -0.1) is 0 Å². The van der Waals surface area contributed by atoms with Gasteiger partial charge >= 0.3 is 8.80 Å². The first-order chi connectivity index (χ1) is 4.95. The summed E-state index contributed by atoms with van der Waals surface area (Å²) in [5.41, 5.74) is 10.7. The van der Waals surface area contributed by atoms with E-state index in [0.717, 1.165) is 0 Å². The molecule has 0 aromatic carbocycles. The van der Waals surface area contributed by atoms with Gasteiger partial charge in [-0.05, 0) is 12.8 Å². The minimum absolute atomic E-state index is 0.0424. The van der Waals surface area contributed by atoms with Crippen LogP contribution in [0.4, 0.5) is 0 Å². The van der Waals surface area contributed by atoms with Gasteiger partial charge in [0.15, 0.2) is 0 Å². The minimum atomic E-state index is -3.83. The molecule has 6 heteroatoms. The molecule has 0 amide bonds. The summed E-state index contributed by atoms with van der Waals surface area (Å²) in [5, 5.41) is 0. The predicted molar refractivity (Wildman–Crippen MR) is 43.5 cm³/mol. The molecular formula is C5H16N2O3Si. The van der Waals surface area contributed by atoms with Crippen molar-refractivity contribution in [3.8, 4) is 0 Å². The van der Waals surface area contributed by atoms with Crippen molar-refractivity contribution in [2.45, 2.75) is 24.9 Å². The van der Waals surface area contributed by atoms with Gasteiger partial charge in [0.1, 0.15) is 0 Å². The molecule has 68 valence electrons. The lowest BCUT2D eigenvalue weighted by atomic mass is 10.2. The van der Waals surface area contributed by atoms with Gasteiger partial charge in [-0.3, -0.25) is 0 Å². The van der Waals surface area contributed by atoms with Crippen molar-refractivity contribution >= 4 is 8.80 Å². The lowest BCUT2D eigenvalue weighted by Gasteiger charge is -2.11. The third-order valence-corrected chi connectivity index (χ3v) is 2.41. The van der Waals surface area contributed by atoms with Crippen LogP contribution in [0.15, 0.2) is 0 Å². The van der Waals surface area contributed by atoms with Crippen molar-refractivity contribution < 1.29 is 14.4 Å². The van der Waals surface area contributed by atoms with Gasteiger partial charge in [-0.1, -0.05) is 0 Å². The average molecular weight is 180 g/mol. The molecule has 0 bridgehead atoms. The highest BCUT2D eigenvalue weighted by atomic mass is 28.4. The first kappa shape index (κ1) is 11.0.